The molecular weight excluding hydrogens is 518 g/mol. The van der Waals surface area contributed by atoms with Crippen LogP contribution in [0.2, 0.25) is 0 Å². The molecule has 1 unspecified atom stereocenters. The topological polar surface area (TPSA) is 105 Å². The highest BCUT2D eigenvalue weighted by Gasteiger charge is 2.24. The molecule has 8 heteroatoms. The van der Waals surface area contributed by atoms with Gasteiger partial charge >= 0.3 is 5.97 Å². The molecule has 8 nitrogen and oxygen atoms in total. The zero-order chi connectivity index (χ0) is 28.8. The van der Waals surface area contributed by atoms with Crippen molar-refractivity contribution in [1.29, 1.82) is 0 Å². The first kappa shape index (κ1) is 29.1. The van der Waals surface area contributed by atoms with Gasteiger partial charge < -0.3 is 29.9 Å². The van der Waals surface area contributed by atoms with Crippen LogP contribution in [0.3, 0.4) is 0 Å². The summed E-state index contributed by atoms with van der Waals surface area (Å²) >= 11 is 0. The largest absolute Gasteiger partial charge is 0.489 e. The highest BCUT2D eigenvalue weighted by Crippen LogP contribution is 2.38. The third kappa shape index (κ3) is 7.08. The minimum atomic E-state index is -1.07. The third-order valence-electron chi connectivity index (χ3n) is 8.36. The van der Waals surface area contributed by atoms with Gasteiger partial charge in [-0.1, -0.05) is 42.5 Å². The lowest BCUT2D eigenvalue weighted by atomic mass is 9.92. The highest BCUT2D eigenvalue weighted by atomic mass is 16.5. The Balaban J connectivity index is 1.21. The van der Waals surface area contributed by atoms with Gasteiger partial charge in [0.25, 0.3) is 0 Å². The number of ether oxygens (including phenoxy) is 1. The maximum absolute atomic E-state index is 11.1. The summed E-state index contributed by atoms with van der Waals surface area (Å²) in [7, 11) is 0. The van der Waals surface area contributed by atoms with Gasteiger partial charge in [-0.25, -0.2) is 0 Å². The zero-order valence-corrected chi connectivity index (χ0v) is 23.8. The van der Waals surface area contributed by atoms with E-state index in [-0.39, 0.29) is 6.10 Å². The predicted molar refractivity (Wildman–Crippen MR) is 160 cm³/mol. The maximum Gasteiger partial charge on any atom is 0.323 e. The first-order valence-electron chi connectivity index (χ1n) is 14.6. The molecular formula is C33H41N3O5. The number of carboxylic acid groups (broad SMARTS) is 1. The number of nitrogens with zero attached hydrogens (tertiary/aromatic N) is 2. The molecule has 41 heavy (non-hydrogen) atoms. The van der Waals surface area contributed by atoms with Crippen molar-refractivity contribution >= 4 is 11.7 Å². The van der Waals surface area contributed by atoms with E-state index in [1.807, 2.05) is 24.3 Å². The lowest BCUT2D eigenvalue weighted by Crippen LogP contribution is -2.39. The number of hydrogen-bond donors (Lipinski definition) is 4. The predicted octanol–water partition coefficient (Wildman–Crippen LogP) is 3.60. The molecule has 0 bridgehead atoms. The van der Waals surface area contributed by atoms with Gasteiger partial charge in [-0.05, 0) is 84.3 Å². The first-order chi connectivity index (χ1) is 19.9. The summed E-state index contributed by atoms with van der Waals surface area (Å²) in [6, 6.07) is 19.7. The summed E-state index contributed by atoms with van der Waals surface area (Å²) < 4.78 is 6.12. The van der Waals surface area contributed by atoms with Crippen molar-refractivity contribution in [1.82, 2.24) is 10.2 Å². The van der Waals surface area contributed by atoms with Crippen molar-refractivity contribution < 1.29 is 24.9 Å². The fraction of sp³-hybridized carbons (Fsp3) is 0.424. The van der Waals surface area contributed by atoms with Crippen molar-refractivity contribution in [2.75, 3.05) is 44.2 Å². The molecule has 0 saturated carbocycles. The van der Waals surface area contributed by atoms with E-state index in [1.165, 1.54) is 27.9 Å². The van der Waals surface area contributed by atoms with Crippen molar-refractivity contribution in [2.24, 2.45) is 0 Å². The fourth-order valence-electron chi connectivity index (χ4n) is 5.95. The van der Waals surface area contributed by atoms with Gasteiger partial charge in [0, 0.05) is 38.4 Å². The average Bonchev–Trinajstić information content (AvgIpc) is 3.59. The molecule has 1 saturated heterocycles. The van der Waals surface area contributed by atoms with E-state index < -0.39 is 18.6 Å². The van der Waals surface area contributed by atoms with E-state index in [0.717, 1.165) is 68.9 Å². The Kier molecular flexibility index (Phi) is 9.57. The summed E-state index contributed by atoms with van der Waals surface area (Å²) in [5.41, 5.74) is 8.57. The summed E-state index contributed by atoms with van der Waals surface area (Å²) in [6.45, 7) is 7.44. The van der Waals surface area contributed by atoms with Crippen molar-refractivity contribution in [3.8, 4) is 16.9 Å². The molecule has 5 rings (SSSR count). The summed E-state index contributed by atoms with van der Waals surface area (Å²) in [4.78, 5) is 16.0. The molecule has 0 radical (unpaired) electrons. The summed E-state index contributed by atoms with van der Waals surface area (Å²) in [5.74, 6) is -0.326. The number of carboxylic acids is 1. The Labute approximate surface area is 242 Å². The lowest BCUT2D eigenvalue weighted by Gasteiger charge is -2.22. The number of fused-ring (bicyclic) bond motifs is 1. The number of carbonyl (C=O) groups is 1. The van der Waals surface area contributed by atoms with Crippen LogP contribution in [0.15, 0.2) is 60.7 Å². The second-order valence-electron chi connectivity index (χ2n) is 11.1. The number of aliphatic hydroxyl groups excluding tert-OH is 2. The second-order valence-corrected chi connectivity index (χ2v) is 11.1. The molecule has 2 aliphatic heterocycles. The number of likely N-dealkylation sites (tertiary alicyclic amines) is 1. The molecule has 1 fully saturated rings. The van der Waals surface area contributed by atoms with E-state index in [9.17, 15) is 9.90 Å². The monoisotopic (exact) mass is 559 g/mol. The first-order valence-corrected chi connectivity index (χ1v) is 14.6. The summed E-state index contributed by atoms with van der Waals surface area (Å²) in [6.07, 6.45) is 2.88. The maximum atomic E-state index is 11.1. The SMILES string of the molecule is Cc1c(COc2ccc(CN[C@@H](CO)C(=O)O)cc2)cccc1-c1cccc2c1CCN2CCCN1CCC(O)C1. The molecule has 0 spiro atoms. The minimum Gasteiger partial charge on any atom is -0.489 e. The van der Waals surface area contributed by atoms with Crippen LogP contribution in [0.25, 0.3) is 11.1 Å². The molecule has 2 heterocycles. The Morgan fingerprint density at radius 2 is 1.83 bits per heavy atom. The Morgan fingerprint density at radius 3 is 2.56 bits per heavy atom. The zero-order valence-electron chi connectivity index (χ0n) is 23.8. The van der Waals surface area contributed by atoms with Gasteiger partial charge in [0.15, 0.2) is 0 Å². The number of rotatable bonds is 13. The number of aliphatic carboxylic acids is 1. The lowest BCUT2D eigenvalue weighted by molar-refractivity contribution is -0.140. The third-order valence-corrected chi connectivity index (χ3v) is 8.36. The number of hydrogen-bond acceptors (Lipinski definition) is 7. The van der Waals surface area contributed by atoms with Gasteiger partial charge in [-0.2, -0.15) is 0 Å². The molecule has 4 N–H and O–H groups in total. The van der Waals surface area contributed by atoms with Crippen molar-refractivity contribution in [3.63, 3.8) is 0 Å². The molecule has 3 aromatic carbocycles. The van der Waals surface area contributed by atoms with E-state index in [1.54, 1.807) is 0 Å². The smallest absolute Gasteiger partial charge is 0.323 e. The molecule has 218 valence electrons. The normalized spacial score (nSPS) is 17.5. The standard InChI is InChI=1S/C33H41N3O5/c1-23-25(22-41-27-11-9-24(10-12-27)19-34-31(21-37)33(39)40)5-2-6-28(23)29-7-3-8-32-30(29)14-18-36(32)16-4-15-35-17-13-26(38)20-35/h2-3,5-12,26,31,34,37-38H,4,13-22H2,1H3,(H,39,40)/t26?,31-/m0/s1. The number of anilines is 1. The van der Waals surface area contributed by atoms with Gasteiger partial charge in [-0.15, -0.1) is 0 Å². The fourth-order valence-corrected chi connectivity index (χ4v) is 5.95. The Morgan fingerprint density at radius 1 is 1.05 bits per heavy atom. The molecule has 2 aliphatic rings. The number of β-amino-alcohol motifs (C(OH)–C–C–N with tert-alkyl or cyclic N) is 1. The van der Waals surface area contributed by atoms with E-state index >= 15 is 0 Å². The van der Waals surface area contributed by atoms with Crippen LogP contribution in [0, 0.1) is 6.92 Å². The highest BCUT2D eigenvalue weighted by molar-refractivity contribution is 5.79. The van der Waals surface area contributed by atoms with Crippen LogP contribution in [-0.2, 0) is 24.4 Å². The average molecular weight is 560 g/mol. The van der Waals surface area contributed by atoms with E-state index in [2.05, 4.69) is 58.4 Å². The summed E-state index contributed by atoms with van der Waals surface area (Å²) in [5, 5.41) is 30.9. The molecule has 0 aromatic heterocycles. The van der Waals surface area contributed by atoms with Crippen LogP contribution < -0.4 is 15.0 Å². The molecule has 0 aliphatic carbocycles. The van der Waals surface area contributed by atoms with Gasteiger partial charge in [0.05, 0.1) is 12.7 Å². The van der Waals surface area contributed by atoms with Gasteiger partial charge in [-0.3, -0.25) is 10.1 Å². The molecule has 2 atom stereocenters. The van der Waals surface area contributed by atoms with Crippen LogP contribution in [0.4, 0.5) is 5.69 Å². The van der Waals surface area contributed by atoms with Crippen LogP contribution in [0.1, 0.15) is 35.1 Å². The van der Waals surface area contributed by atoms with Crippen LogP contribution in [-0.4, -0.2) is 77.7 Å². The van der Waals surface area contributed by atoms with Crippen LogP contribution >= 0.6 is 0 Å². The van der Waals surface area contributed by atoms with Gasteiger partial charge in [0.1, 0.15) is 18.4 Å². The van der Waals surface area contributed by atoms with Gasteiger partial charge in [0.2, 0.25) is 0 Å². The minimum absolute atomic E-state index is 0.157. The number of aliphatic hydroxyl groups is 2. The molecule has 0 amide bonds. The van der Waals surface area contributed by atoms with Crippen LogP contribution in [0.5, 0.6) is 5.75 Å². The Hall–Kier alpha value is -3.43. The van der Waals surface area contributed by atoms with E-state index in [4.69, 9.17) is 14.9 Å². The van der Waals surface area contributed by atoms with Crippen molar-refractivity contribution in [3.05, 3.63) is 82.9 Å². The number of benzene rings is 3. The van der Waals surface area contributed by atoms with Crippen molar-refractivity contribution in [2.45, 2.75) is 51.5 Å². The second kappa shape index (κ2) is 13.5. The molecule has 3 aromatic rings. The number of nitrogens with one attached hydrogen (secondary N) is 1. The quantitative estimate of drug-likeness (QED) is 0.252. The Bertz CT molecular complexity index is 1330. The van der Waals surface area contributed by atoms with E-state index in [0.29, 0.717) is 13.2 Å².